The monoisotopic (exact) mass is 294 g/mol. The number of nitrogens with one attached hydrogen (secondary N) is 1. The second-order valence-corrected chi connectivity index (χ2v) is 6.28. The number of aryl methyl sites for hydroxylation is 1. The van der Waals surface area contributed by atoms with Crippen LogP contribution in [0.25, 0.3) is 10.2 Å². The van der Waals surface area contributed by atoms with Crippen molar-refractivity contribution in [2.24, 2.45) is 0 Å². The van der Waals surface area contributed by atoms with Gasteiger partial charge in [-0.1, -0.05) is 22.9 Å². The van der Waals surface area contributed by atoms with Crippen LogP contribution in [0.4, 0.5) is 5.13 Å². The zero-order valence-electron chi connectivity index (χ0n) is 9.74. The number of fused-ring (bicyclic) bond motifs is 1. The molecular formula is C13H11ClN2S2. The summed E-state index contributed by atoms with van der Waals surface area (Å²) in [5.41, 5.74) is 3.66. The maximum Gasteiger partial charge on any atom is 0.184 e. The second-order valence-electron chi connectivity index (χ2n) is 4.06. The van der Waals surface area contributed by atoms with Gasteiger partial charge in [0.15, 0.2) is 5.13 Å². The molecule has 0 bridgehead atoms. The summed E-state index contributed by atoms with van der Waals surface area (Å²) in [7, 11) is 0. The molecule has 0 aliphatic heterocycles. The van der Waals surface area contributed by atoms with Crippen molar-refractivity contribution in [3.8, 4) is 0 Å². The first kappa shape index (κ1) is 12.0. The second kappa shape index (κ2) is 4.88. The van der Waals surface area contributed by atoms with Crippen LogP contribution in [0.5, 0.6) is 0 Å². The molecule has 0 fully saturated rings. The largest absolute Gasteiger partial charge is 0.357 e. The van der Waals surface area contributed by atoms with Gasteiger partial charge >= 0.3 is 0 Å². The Morgan fingerprint density at radius 2 is 2.22 bits per heavy atom. The minimum Gasteiger partial charge on any atom is -0.357 e. The van der Waals surface area contributed by atoms with Crippen LogP contribution in [-0.2, 0) is 6.54 Å². The molecule has 0 radical (unpaired) electrons. The van der Waals surface area contributed by atoms with Crippen LogP contribution >= 0.6 is 34.3 Å². The Bertz CT molecular complexity index is 687. The molecule has 1 aromatic carbocycles. The minimum absolute atomic E-state index is 0.756. The van der Waals surface area contributed by atoms with Crippen molar-refractivity contribution in [2.75, 3.05) is 5.32 Å². The van der Waals surface area contributed by atoms with Gasteiger partial charge in [0.1, 0.15) is 0 Å². The number of thiophene rings is 1. The van der Waals surface area contributed by atoms with Gasteiger partial charge in [0, 0.05) is 11.6 Å². The third kappa shape index (κ3) is 2.36. The third-order valence-electron chi connectivity index (χ3n) is 2.74. The molecule has 3 aromatic rings. The van der Waals surface area contributed by atoms with E-state index in [2.05, 4.69) is 28.0 Å². The highest BCUT2D eigenvalue weighted by molar-refractivity contribution is 7.22. The van der Waals surface area contributed by atoms with Crippen LogP contribution in [0.1, 0.15) is 11.1 Å². The summed E-state index contributed by atoms with van der Waals surface area (Å²) in [6, 6.07) is 5.78. The Morgan fingerprint density at radius 1 is 1.33 bits per heavy atom. The molecule has 1 N–H and O–H groups in total. The van der Waals surface area contributed by atoms with Gasteiger partial charge in [0.2, 0.25) is 0 Å². The molecule has 2 aromatic heterocycles. The molecule has 0 aliphatic rings. The van der Waals surface area contributed by atoms with Gasteiger partial charge in [-0.05, 0) is 47.0 Å². The van der Waals surface area contributed by atoms with Crippen LogP contribution in [0.3, 0.4) is 0 Å². The highest BCUT2D eigenvalue weighted by Crippen LogP contribution is 2.28. The molecule has 0 amide bonds. The minimum atomic E-state index is 0.756. The number of anilines is 1. The van der Waals surface area contributed by atoms with Crippen molar-refractivity contribution in [1.82, 2.24) is 4.98 Å². The molecule has 0 saturated heterocycles. The highest BCUT2D eigenvalue weighted by atomic mass is 35.5. The standard InChI is InChI=1S/C13H11ClN2S2/c1-8-6-17-7-9(8)5-15-13-16-11-3-2-10(14)4-12(11)18-13/h2-4,6-7H,5H2,1H3,(H,15,16). The Morgan fingerprint density at radius 3 is 3.00 bits per heavy atom. The van der Waals surface area contributed by atoms with E-state index in [9.17, 15) is 0 Å². The van der Waals surface area contributed by atoms with Crippen molar-refractivity contribution in [1.29, 1.82) is 0 Å². The molecule has 0 spiro atoms. The van der Waals surface area contributed by atoms with Gasteiger partial charge in [-0.2, -0.15) is 11.3 Å². The lowest BCUT2D eigenvalue weighted by Gasteiger charge is -2.00. The first-order valence-corrected chi connectivity index (χ1v) is 7.68. The summed E-state index contributed by atoms with van der Waals surface area (Å²) in [6.45, 7) is 2.95. The summed E-state index contributed by atoms with van der Waals surface area (Å²) >= 11 is 9.34. The molecule has 2 heterocycles. The van der Waals surface area contributed by atoms with Crippen molar-refractivity contribution in [3.63, 3.8) is 0 Å². The van der Waals surface area contributed by atoms with Crippen molar-refractivity contribution in [3.05, 3.63) is 45.1 Å². The highest BCUT2D eigenvalue weighted by Gasteiger charge is 2.05. The summed E-state index contributed by atoms with van der Waals surface area (Å²) in [5, 5.41) is 9.40. The van der Waals surface area contributed by atoms with E-state index in [1.807, 2.05) is 18.2 Å². The molecule has 0 saturated carbocycles. The van der Waals surface area contributed by atoms with Gasteiger partial charge in [-0.3, -0.25) is 0 Å². The van der Waals surface area contributed by atoms with Gasteiger partial charge in [-0.25, -0.2) is 4.98 Å². The van der Waals surface area contributed by atoms with Crippen LogP contribution in [0.2, 0.25) is 5.02 Å². The average Bonchev–Trinajstić information content (AvgIpc) is 2.92. The van der Waals surface area contributed by atoms with Crippen LogP contribution in [0, 0.1) is 6.92 Å². The van der Waals surface area contributed by atoms with Crippen LogP contribution in [0.15, 0.2) is 29.0 Å². The molecule has 92 valence electrons. The van der Waals surface area contributed by atoms with Crippen molar-refractivity contribution in [2.45, 2.75) is 13.5 Å². The Balaban J connectivity index is 1.81. The molecule has 0 unspecified atom stereocenters. The van der Waals surface area contributed by atoms with E-state index in [0.717, 1.165) is 26.9 Å². The smallest absolute Gasteiger partial charge is 0.184 e. The van der Waals surface area contributed by atoms with E-state index in [4.69, 9.17) is 11.6 Å². The number of thiazole rings is 1. The van der Waals surface area contributed by atoms with E-state index < -0.39 is 0 Å². The zero-order chi connectivity index (χ0) is 12.5. The number of rotatable bonds is 3. The van der Waals surface area contributed by atoms with Gasteiger partial charge in [0.05, 0.1) is 10.2 Å². The third-order valence-corrected chi connectivity index (χ3v) is 4.86. The summed E-state index contributed by atoms with van der Waals surface area (Å²) in [6.07, 6.45) is 0. The van der Waals surface area contributed by atoms with E-state index in [-0.39, 0.29) is 0 Å². The molecule has 18 heavy (non-hydrogen) atoms. The van der Waals surface area contributed by atoms with E-state index in [0.29, 0.717) is 0 Å². The normalized spacial score (nSPS) is 11.0. The number of aromatic nitrogens is 1. The topological polar surface area (TPSA) is 24.9 Å². The lowest BCUT2D eigenvalue weighted by Crippen LogP contribution is -1.98. The zero-order valence-corrected chi connectivity index (χ0v) is 12.1. The van der Waals surface area contributed by atoms with E-state index in [1.54, 1.807) is 22.7 Å². The Kier molecular flexibility index (Phi) is 3.24. The van der Waals surface area contributed by atoms with Gasteiger partial charge < -0.3 is 5.32 Å². The molecule has 3 rings (SSSR count). The van der Waals surface area contributed by atoms with Gasteiger partial charge in [0.25, 0.3) is 0 Å². The van der Waals surface area contributed by atoms with Crippen molar-refractivity contribution >= 4 is 49.6 Å². The Hall–Kier alpha value is -1.10. The predicted octanol–water partition coefficient (Wildman–Crippen LogP) is 4.93. The Labute approximate surface area is 118 Å². The lowest BCUT2D eigenvalue weighted by atomic mass is 10.2. The predicted molar refractivity (Wildman–Crippen MR) is 81.0 cm³/mol. The lowest BCUT2D eigenvalue weighted by molar-refractivity contribution is 1.13. The van der Waals surface area contributed by atoms with Crippen molar-refractivity contribution < 1.29 is 0 Å². The summed E-state index contributed by atoms with van der Waals surface area (Å²) in [4.78, 5) is 4.54. The van der Waals surface area contributed by atoms with E-state index >= 15 is 0 Å². The quantitative estimate of drug-likeness (QED) is 0.741. The summed E-state index contributed by atoms with van der Waals surface area (Å²) < 4.78 is 1.12. The average molecular weight is 295 g/mol. The fraction of sp³-hybridized carbons (Fsp3) is 0.154. The molecular weight excluding hydrogens is 284 g/mol. The molecule has 5 heteroatoms. The maximum atomic E-state index is 5.97. The van der Waals surface area contributed by atoms with Crippen LogP contribution in [-0.4, -0.2) is 4.98 Å². The number of benzene rings is 1. The maximum absolute atomic E-state index is 5.97. The molecule has 0 aliphatic carbocycles. The fourth-order valence-corrected chi connectivity index (χ4v) is 3.71. The SMILES string of the molecule is Cc1cscc1CNc1nc2ccc(Cl)cc2s1. The number of hydrogen-bond donors (Lipinski definition) is 1. The number of nitrogens with zero attached hydrogens (tertiary/aromatic N) is 1. The van der Waals surface area contributed by atoms with E-state index in [1.165, 1.54) is 11.1 Å². The first-order chi connectivity index (χ1) is 8.72. The van der Waals surface area contributed by atoms with Crippen LogP contribution < -0.4 is 5.32 Å². The first-order valence-electron chi connectivity index (χ1n) is 5.54. The fourth-order valence-electron chi connectivity index (χ4n) is 1.71. The number of hydrogen-bond acceptors (Lipinski definition) is 4. The molecule has 2 nitrogen and oxygen atoms in total. The summed E-state index contributed by atoms with van der Waals surface area (Å²) in [5.74, 6) is 0. The molecule has 0 atom stereocenters. The number of halogens is 1. The van der Waals surface area contributed by atoms with Gasteiger partial charge in [-0.15, -0.1) is 0 Å².